The lowest BCUT2D eigenvalue weighted by Gasteiger charge is -2.58. The summed E-state index contributed by atoms with van der Waals surface area (Å²) in [5.74, 6) is -2.07. The van der Waals surface area contributed by atoms with Gasteiger partial charge in [0.25, 0.3) is 11.8 Å². The summed E-state index contributed by atoms with van der Waals surface area (Å²) in [4.78, 5) is 53.9. The van der Waals surface area contributed by atoms with Gasteiger partial charge in [0.2, 0.25) is 11.4 Å². The largest absolute Gasteiger partial charge is 0.573 e. The third-order valence-corrected chi connectivity index (χ3v) is 7.15. The molecule has 206 valence electrons. The molecule has 3 aliphatic rings. The Kier molecular flexibility index (Phi) is 6.47. The molecule has 2 aromatic carbocycles. The fraction of sp³-hybridized carbons (Fsp3) is 0.360. The summed E-state index contributed by atoms with van der Waals surface area (Å²) in [6, 6.07) is 9.69. The summed E-state index contributed by atoms with van der Waals surface area (Å²) < 4.78 is 46.6. The topological polar surface area (TPSA) is 138 Å². The van der Waals surface area contributed by atoms with Gasteiger partial charge in [0, 0.05) is 19.6 Å². The summed E-state index contributed by atoms with van der Waals surface area (Å²) >= 11 is 0. The van der Waals surface area contributed by atoms with Crippen molar-refractivity contribution in [3.63, 3.8) is 0 Å². The van der Waals surface area contributed by atoms with E-state index in [0.717, 1.165) is 12.1 Å². The first-order chi connectivity index (χ1) is 18.5. The van der Waals surface area contributed by atoms with Gasteiger partial charge in [0.1, 0.15) is 23.9 Å². The summed E-state index contributed by atoms with van der Waals surface area (Å²) in [7, 11) is 0. The van der Waals surface area contributed by atoms with E-state index in [4.69, 9.17) is 4.74 Å². The normalized spacial score (nSPS) is 20.3. The molecule has 0 aromatic heterocycles. The maximum atomic E-state index is 13.3. The van der Waals surface area contributed by atoms with Crippen molar-refractivity contribution in [3.05, 3.63) is 54.1 Å². The van der Waals surface area contributed by atoms with Crippen LogP contribution in [0.15, 0.2) is 48.5 Å². The lowest BCUT2D eigenvalue weighted by molar-refractivity contribution is -0.274. The minimum atomic E-state index is -4.82. The van der Waals surface area contributed by atoms with Crippen LogP contribution in [0.5, 0.6) is 17.2 Å². The maximum absolute atomic E-state index is 13.3. The molecule has 3 N–H and O–H groups in total. The zero-order chi connectivity index (χ0) is 28.0. The molecule has 3 aliphatic heterocycles. The highest BCUT2D eigenvalue weighted by Gasteiger charge is 2.64. The van der Waals surface area contributed by atoms with Crippen LogP contribution in [0, 0.1) is 0 Å². The van der Waals surface area contributed by atoms with E-state index in [-0.39, 0.29) is 30.2 Å². The van der Waals surface area contributed by atoms with E-state index < -0.39 is 53.5 Å². The van der Waals surface area contributed by atoms with Crippen LogP contribution in [0.1, 0.15) is 18.4 Å². The lowest BCUT2D eigenvalue weighted by Crippen LogP contribution is -2.80. The van der Waals surface area contributed by atoms with Crippen LogP contribution in [0.2, 0.25) is 0 Å². The Labute approximate surface area is 219 Å². The number of nitrogens with zero attached hydrogens (tertiary/aromatic N) is 2. The highest BCUT2D eigenvalue weighted by atomic mass is 19.4. The Morgan fingerprint density at radius 3 is 2.00 bits per heavy atom. The van der Waals surface area contributed by atoms with E-state index in [9.17, 15) is 37.5 Å². The number of rotatable bonds is 6. The number of aliphatic hydroxyl groups excluding tert-OH is 1. The van der Waals surface area contributed by atoms with Crippen LogP contribution in [-0.2, 0) is 19.9 Å². The molecule has 0 atom stereocenters. The number of aliphatic hydroxyl groups is 1. The van der Waals surface area contributed by atoms with E-state index in [1.165, 1.54) is 36.4 Å². The van der Waals surface area contributed by atoms with E-state index in [0.29, 0.717) is 19.4 Å². The molecular formula is C25H23F3N4O7. The predicted molar refractivity (Wildman–Crippen MR) is 125 cm³/mol. The Morgan fingerprint density at radius 2 is 1.46 bits per heavy atom. The first-order valence-electron chi connectivity index (χ1n) is 11.9. The zero-order valence-corrected chi connectivity index (χ0v) is 20.3. The molecule has 1 spiro atoms. The average Bonchev–Trinajstić information content (AvgIpc) is 3.30. The number of urea groups is 1. The molecule has 3 heterocycles. The van der Waals surface area contributed by atoms with Gasteiger partial charge in [-0.2, -0.15) is 0 Å². The van der Waals surface area contributed by atoms with Crippen molar-refractivity contribution in [2.75, 3.05) is 26.2 Å². The summed E-state index contributed by atoms with van der Waals surface area (Å²) in [5, 5.41) is 13.7. The minimum Gasteiger partial charge on any atom is -0.457 e. The third kappa shape index (κ3) is 4.65. The average molecular weight is 548 g/mol. The molecule has 0 bridgehead atoms. The summed E-state index contributed by atoms with van der Waals surface area (Å²) in [6.45, 7) is 0.130. The van der Waals surface area contributed by atoms with Crippen molar-refractivity contribution >= 4 is 23.8 Å². The third-order valence-electron chi connectivity index (χ3n) is 7.15. The molecule has 11 nitrogen and oxygen atoms in total. The van der Waals surface area contributed by atoms with E-state index in [2.05, 4.69) is 15.4 Å². The van der Waals surface area contributed by atoms with Crippen LogP contribution in [-0.4, -0.2) is 76.8 Å². The number of carbonyl (C=O) groups is 4. The molecule has 3 saturated heterocycles. The molecule has 2 aromatic rings. The molecule has 0 unspecified atom stereocenters. The lowest BCUT2D eigenvalue weighted by atomic mass is 9.76. The van der Waals surface area contributed by atoms with E-state index >= 15 is 0 Å². The maximum Gasteiger partial charge on any atom is 0.573 e. The van der Waals surface area contributed by atoms with E-state index in [1.807, 2.05) is 0 Å². The Balaban J connectivity index is 1.39. The van der Waals surface area contributed by atoms with Crippen molar-refractivity contribution in [1.29, 1.82) is 0 Å². The number of likely N-dealkylation sites (tertiary alicyclic amines) is 2. The van der Waals surface area contributed by atoms with Gasteiger partial charge in [0.15, 0.2) is 0 Å². The number of carbonyl (C=O) groups excluding carboxylic acids is 4. The second kappa shape index (κ2) is 9.54. The van der Waals surface area contributed by atoms with Gasteiger partial charge < -0.3 is 19.5 Å². The number of barbiturate groups is 1. The fourth-order valence-electron chi connectivity index (χ4n) is 5.51. The number of imide groups is 2. The molecule has 3 fully saturated rings. The Hall–Kier alpha value is -4.17. The highest BCUT2D eigenvalue weighted by Crippen LogP contribution is 2.45. The smallest absolute Gasteiger partial charge is 0.457 e. The second-order valence-corrected chi connectivity index (χ2v) is 9.48. The van der Waals surface area contributed by atoms with Gasteiger partial charge in [-0.05, 0) is 54.8 Å². The van der Waals surface area contributed by atoms with Crippen molar-refractivity contribution < 1.29 is 46.9 Å². The van der Waals surface area contributed by atoms with Gasteiger partial charge in [0.05, 0.1) is 5.54 Å². The SMILES string of the molecule is O=C1NC(=O)C(c2ccc(Oc3ccc(OC(F)(F)F)cc3)cc2)(N2CC3(CCCN3C(=O)CO)C2)C(=O)N1. The van der Waals surface area contributed by atoms with Gasteiger partial charge >= 0.3 is 12.4 Å². The van der Waals surface area contributed by atoms with Crippen LogP contribution >= 0.6 is 0 Å². The van der Waals surface area contributed by atoms with E-state index in [1.54, 1.807) is 9.80 Å². The quantitative estimate of drug-likeness (QED) is 0.463. The van der Waals surface area contributed by atoms with Gasteiger partial charge in [-0.1, -0.05) is 12.1 Å². The number of ether oxygens (including phenoxy) is 2. The van der Waals surface area contributed by atoms with Crippen LogP contribution in [0.25, 0.3) is 0 Å². The van der Waals surface area contributed by atoms with Crippen LogP contribution < -0.4 is 20.1 Å². The Morgan fingerprint density at radius 1 is 0.923 bits per heavy atom. The standard InChI is InChI=1S/C25H23F3N4O7/c26-25(27,28)39-18-8-6-17(7-9-18)38-16-4-2-15(3-5-16)24(20(35)29-22(37)30-21(24)36)31-13-23(14-31)10-1-11-32(23)19(34)12-33/h2-9,33H,1,10-14H2,(H2,29,30,35,36,37). The number of hydrogen-bond acceptors (Lipinski definition) is 8. The molecule has 39 heavy (non-hydrogen) atoms. The fourth-order valence-corrected chi connectivity index (χ4v) is 5.51. The molecular weight excluding hydrogens is 525 g/mol. The number of alkyl halides is 3. The van der Waals surface area contributed by atoms with Crippen molar-refractivity contribution in [1.82, 2.24) is 20.4 Å². The molecule has 0 saturated carbocycles. The molecule has 5 amide bonds. The molecule has 14 heteroatoms. The summed E-state index contributed by atoms with van der Waals surface area (Å²) in [6.07, 6.45) is -3.48. The van der Waals surface area contributed by atoms with Gasteiger partial charge in [-0.25, -0.2) is 4.79 Å². The number of halogens is 3. The Bertz CT molecular complexity index is 1290. The van der Waals surface area contributed by atoms with Crippen LogP contribution in [0.4, 0.5) is 18.0 Å². The molecule has 0 radical (unpaired) electrons. The number of amides is 5. The first-order valence-corrected chi connectivity index (χ1v) is 11.9. The second-order valence-electron chi connectivity index (χ2n) is 9.48. The zero-order valence-electron chi connectivity index (χ0n) is 20.3. The first kappa shape index (κ1) is 26.4. The molecule has 0 aliphatic carbocycles. The van der Waals surface area contributed by atoms with Gasteiger partial charge in [-0.3, -0.25) is 29.9 Å². The molecule has 5 rings (SSSR count). The van der Waals surface area contributed by atoms with Crippen molar-refractivity contribution in [3.8, 4) is 17.2 Å². The number of nitrogens with one attached hydrogen (secondary N) is 2. The number of benzene rings is 2. The van der Waals surface area contributed by atoms with Crippen LogP contribution in [0.3, 0.4) is 0 Å². The summed E-state index contributed by atoms with van der Waals surface area (Å²) in [5.41, 5.74) is -2.32. The number of hydrogen-bond donors (Lipinski definition) is 3. The highest BCUT2D eigenvalue weighted by molar-refractivity contribution is 6.22. The van der Waals surface area contributed by atoms with Crippen molar-refractivity contribution in [2.24, 2.45) is 0 Å². The minimum absolute atomic E-state index is 0.165. The van der Waals surface area contributed by atoms with Gasteiger partial charge in [-0.15, -0.1) is 13.2 Å². The predicted octanol–water partition coefficient (Wildman–Crippen LogP) is 1.61. The van der Waals surface area contributed by atoms with Crippen molar-refractivity contribution in [2.45, 2.75) is 30.3 Å². The monoisotopic (exact) mass is 548 g/mol.